The number of anilines is 1. The predicted octanol–water partition coefficient (Wildman–Crippen LogP) is 4.06. The summed E-state index contributed by atoms with van der Waals surface area (Å²) in [6.07, 6.45) is 0. The maximum Gasteiger partial charge on any atom is 0.260 e. The molecule has 1 aliphatic rings. The fourth-order valence-electron chi connectivity index (χ4n) is 3.47. The van der Waals surface area contributed by atoms with E-state index in [0.717, 1.165) is 38.4 Å². The molecule has 1 aliphatic heterocycles. The quantitative estimate of drug-likeness (QED) is 0.665. The lowest BCUT2D eigenvalue weighted by Gasteiger charge is -2.26. The molecule has 30 heavy (non-hydrogen) atoms. The summed E-state index contributed by atoms with van der Waals surface area (Å²) in [4.78, 5) is 15.2. The molecule has 4 rings (SSSR count). The van der Waals surface area contributed by atoms with Crippen LogP contribution in [0, 0.1) is 12.7 Å². The van der Waals surface area contributed by atoms with Crippen molar-refractivity contribution < 1.29 is 13.9 Å². The molecule has 1 saturated heterocycles. The van der Waals surface area contributed by atoms with Gasteiger partial charge in [0.1, 0.15) is 16.5 Å². The molecule has 8 heteroatoms. The third-order valence-electron chi connectivity index (χ3n) is 5.00. The van der Waals surface area contributed by atoms with Crippen LogP contribution in [0.1, 0.15) is 21.6 Å². The summed E-state index contributed by atoms with van der Waals surface area (Å²) in [5.74, 6) is -0.692. The molecule has 156 valence electrons. The van der Waals surface area contributed by atoms with Crippen molar-refractivity contribution in [3.05, 3.63) is 76.3 Å². The van der Waals surface area contributed by atoms with E-state index >= 15 is 0 Å². The lowest BCUT2D eigenvalue weighted by Crippen LogP contribution is -2.35. The van der Waals surface area contributed by atoms with Gasteiger partial charge in [0.15, 0.2) is 0 Å². The minimum absolute atomic E-state index is 0.182. The number of nitrogens with one attached hydrogen (secondary N) is 1. The van der Waals surface area contributed by atoms with Crippen molar-refractivity contribution in [3.63, 3.8) is 0 Å². The molecule has 6 nitrogen and oxygen atoms in total. The first-order chi connectivity index (χ1) is 14.5. The Hall–Kier alpha value is -2.74. The number of benzene rings is 2. The average molecular weight is 429 g/mol. The minimum atomic E-state index is -0.353. The Morgan fingerprint density at radius 2 is 1.93 bits per heavy atom. The molecule has 2 aromatic carbocycles. The highest BCUT2D eigenvalue weighted by Gasteiger charge is 2.21. The van der Waals surface area contributed by atoms with Crippen molar-refractivity contribution in [3.8, 4) is 5.69 Å². The summed E-state index contributed by atoms with van der Waals surface area (Å²) in [6.45, 7) is 5.80. The maximum atomic E-state index is 13.2. The zero-order chi connectivity index (χ0) is 21.1. The number of ether oxygens (including phenoxy) is 1. The minimum Gasteiger partial charge on any atom is -0.379 e. The van der Waals surface area contributed by atoms with Crippen LogP contribution >= 0.6 is 11.6 Å². The van der Waals surface area contributed by atoms with Gasteiger partial charge in [-0.15, -0.1) is 0 Å². The van der Waals surface area contributed by atoms with Gasteiger partial charge in [-0.1, -0.05) is 23.7 Å². The number of aromatic nitrogens is 2. The molecule has 0 saturated carbocycles. The van der Waals surface area contributed by atoms with Crippen molar-refractivity contribution in [1.29, 1.82) is 0 Å². The van der Waals surface area contributed by atoms with Gasteiger partial charge in [0.2, 0.25) is 0 Å². The molecule has 1 fully saturated rings. The largest absolute Gasteiger partial charge is 0.379 e. The molecule has 0 aliphatic carbocycles. The van der Waals surface area contributed by atoms with Gasteiger partial charge in [0, 0.05) is 25.3 Å². The summed E-state index contributed by atoms with van der Waals surface area (Å²) in [7, 11) is 0. The van der Waals surface area contributed by atoms with Crippen LogP contribution in [0.3, 0.4) is 0 Å². The Balaban J connectivity index is 1.51. The molecule has 1 amide bonds. The standard InChI is InChI=1S/C22H22ClFN4O2/c1-15-20(21(23)28(26-15)19-7-5-17(24)6-8-19)22(29)25-18-4-2-3-16(13-18)14-27-9-11-30-12-10-27/h2-8,13H,9-12,14H2,1H3,(H,25,29). The molecule has 1 N–H and O–H groups in total. The van der Waals surface area contributed by atoms with Crippen LogP contribution < -0.4 is 5.32 Å². The second-order valence-electron chi connectivity index (χ2n) is 7.18. The molecule has 0 radical (unpaired) electrons. The second kappa shape index (κ2) is 8.95. The molecular weight excluding hydrogens is 407 g/mol. The smallest absolute Gasteiger partial charge is 0.260 e. The van der Waals surface area contributed by atoms with Gasteiger partial charge in [-0.25, -0.2) is 9.07 Å². The Morgan fingerprint density at radius 3 is 2.67 bits per heavy atom. The summed E-state index contributed by atoms with van der Waals surface area (Å²) < 4.78 is 20.0. The van der Waals surface area contributed by atoms with Crippen LogP contribution in [0.2, 0.25) is 5.15 Å². The van der Waals surface area contributed by atoms with E-state index in [4.69, 9.17) is 16.3 Å². The third kappa shape index (κ3) is 4.53. The highest BCUT2D eigenvalue weighted by Crippen LogP contribution is 2.25. The van der Waals surface area contributed by atoms with Crippen LogP contribution in [-0.2, 0) is 11.3 Å². The zero-order valence-corrected chi connectivity index (χ0v) is 17.3. The zero-order valence-electron chi connectivity index (χ0n) is 16.6. The average Bonchev–Trinajstić information content (AvgIpc) is 3.03. The number of rotatable bonds is 5. The Labute approximate surface area is 179 Å². The highest BCUT2D eigenvalue weighted by atomic mass is 35.5. The Morgan fingerprint density at radius 1 is 1.20 bits per heavy atom. The van der Waals surface area contributed by atoms with Crippen molar-refractivity contribution in [2.45, 2.75) is 13.5 Å². The van der Waals surface area contributed by atoms with Gasteiger partial charge in [0.05, 0.1) is 24.6 Å². The Kier molecular flexibility index (Phi) is 6.13. The number of aryl methyl sites for hydroxylation is 1. The third-order valence-corrected chi connectivity index (χ3v) is 5.35. The van der Waals surface area contributed by atoms with Gasteiger partial charge in [-0.2, -0.15) is 5.10 Å². The van der Waals surface area contributed by atoms with E-state index in [1.807, 2.05) is 24.3 Å². The van der Waals surface area contributed by atoms with Crippen LogP contribution in [0.5, 0.6) is 0 Å². The normalized spacial score (nSPS) is 14.6. The van der Waals surface area contributed by atoms with Crippen molar-refractivity contribution in [1.82, 2.24) is 14.7 Å². The molecule has 0 bridgehead atoms. The molecule has 3 aromatic rings. The van der Waals surface area contributed by atoms with E-state index in [1.54, 1.807) is 19.1 Å². The lowest BCUT2D eigenvalue weighted by atomic mass is 10.1. The molecule has 0 unspecified atom stereocenters. The monoisotopic (exact) mass is 428 g/mol. The molecular formula is C22H22ClFN4O2. The van der Waals surface area contributed by atoms with E-state index in [0.29, 0.717) is 22.6 Å². The number of carbonyl (C=O) groups excluding carboxylic acids is 1. The summed E-state index contributed by atoms with van der Waals surface area (Å²) in [5, 5.41) is 7.44. The fraction of sp³-hybridized carbons (Fsp3) is 0.273. The number of hydrogen-bond acceptors (Lipinski definition) is 4. The van der Waals surface area contributed by atoms with E-state index < -0.39 is 0 Å². The van der Waals surface area contributed by atoms with Gasteiger partial charge in [-0.05, 0) is 48.9 Å². The number of morpholine rings is 1. The summed E-state index contributed by atoms with van der Waals surface area (Å²) in [6, 6.07) is 13.5. The van der Waals surface area contributed by atoms with Gasteiger partial charge >= 0.3 is 0 Å². The van der Waals surface area contributed by atoms with E-state index in [9.17, 15) is 9.18 Å². The van der Waals surface area contributed by atoms with Crippen molar-refractivity contribution in [2.75, 3.05) is 31.6 Å². The summed E-state index contributed by atoms with van der Waals surface area (Å²) in [5.41, 5.74) is 3.16. The van der Waals surface area contributed by atoms with E-state index in [-0.39, 0.29) is 16.9 Å². The number of halogens is 2. The van der Waals surface area contributed by atoms with E-state index in [1.165, 1.54) is 16.8 Å². The maximum absolute atomic E-state index is 13.2. The molecule has 1 aromatic heterocycles. The first-order valence-electron chi connectivity index (χ1n) is 9.73. The molecule has 2 heterocycles. The van der Waals surface area contributed by atoms with Gasteiger partial charge < -0.3 is 10.1 Å². The second-order valence-corrected chi connectivity index (χ2v) is 7.54. The first kappa shape index (κ1) is 20.5. The number of carbonyl (C=O) groups is 1. The van der Waals surface area contributed by atoms with Crippen LogP contribution in [0.4, 0.5) is 10.1 Å². The van der Waals surface area contributed by atoms with Gasteiger partial charge in [0.25, 0.3) is 5.91 Å². The highest BCUT2D eigenvalue weighted by molar-refractivity contribution is 6.34. The van der Waals surface area contributed by atoms with Gasteiger partial charge in [-0.3, -0.25) is 9.69 Å². The first-order valence-corrected chi connectivity index (χ1v) is 10.1. The topological polar surface area (TPSA) is 59.4 Å². The SMILES string of the molecule is Cc1nn(-c2ccc(F)cc2)c(Cl)c1C(=O)Nc1cccc(CN2CCOCC2)c1. The lowest BCUT2D eigenvalue weighted by molar-refractivity contribution is 0.0342. The predicted molar refractivity (Wildman–Crippen MR) is 114 cm³/mol. The van der Waals surface area contributed by atoms with Crippen LogP contribution in [0.25, 0.3) is 5.69 Å². The molecule has 0 spiro atoms. The van der Waals surface area contributed by atoms with E-state index in [2.05, 4.69) is 15.3 Å². The number of amides is 1. The number of hydrogen-bond donors (Lipinski definition) is 1. The van der Waals surface area contributed by atoms with Crippen LogP contribution in [-0.4, -0.2) is 46.9 Å². The van der Waals surface area contributed by atoms with Crippen molar-refractivity contribution >= 4 is 23.2 Å². The number of nitrogens with zero attached hydrogens (tertiary/aromatic N) is 3. The van der Waals surface area contributed by atoms with Crippen LogP contribution in [0.15, 0.2) is 48.5 Å². The fourth-order valence-corrected chi connectivity index (χ4v) is 3.83. The van der Waals surface area contributed by atoms with Crippen molar-refractivity contribution in [2.24, 2.45) is 0 Å². The molecule has 0 atom stereocenters. The summed E-state index contributed by atoms with van der Waals surface area (Å²) >= 11 is 6.45. The Bertz CT molecular complexity index is 1050.